The van der Waals surface area contributed by atoms with Crippen LogP contribution < -0.4 is 4.90 Å². The van der Waals surface area contributed by atoms with Crippen LogP contribution in [0, 0.1) is 16.0 Å². The quantitative estimate of drug-likeness (QED) is 0.652. The van der Waals surface area contributed by atoms with E-state index >= 15 is 0 Å². The molecule has 0 unspecified atom stereocenters. The number of nitrogens with zero attached hydrogens (tertiary/aromatic N) is 2. The monoisotopic (exact) mass is 264 g/mol. The highest BCUT2D eigenvalue weighted by atomic mass is 16.6. The summed E-state index contributed by atoms with van der Waals surface area (Å²) in [5.41, 5.74) is 0.393. The Bertz CT molecular complexity index is 511. The SMILES string of the molecule is CN(CC1CCC1)c1cc(C(=O)O)ccc1[N+](=O)[O-]. The molecule has 102 valence electrons. The van der Waals surface area contributed by atoms with Gasteiger partial charge in [-0.1, -0.05) is 6.42 Å². The molecular weight excluding hydrogens is 248 g/mol. The van der Waals surface area contributed by atoms with Gasteiger partial charge in [-0.25, -0.2) is 4.79 Å². The number of benzene rings is 1. The first-order valence-corrected chi connectivity index (χ1v) is 6.22. The molecule has 0 heterocycles. The third kappa shape index (κ3) is 2.83. The van der Waals surface area contributed by atoms with Gasteiger partial charge in [-0.05, 0) is 30.9 Å². The Morgan fingerprint density at radius 3 is 2.68 bits per heavy atom. The van der Waals surface area contributed by atoms with Crippen LogP contribution in [0.15, 0.2) is 18.2 Å². The molecule has 1 fully saturated rings. The highest BCUT2D eigenvalue weighted by Gasteiger charge is 2.24. The van der Waals surface area contributed by atoms with E-state index in [1.54, 1.807) is 11.9 Å². The van der Waals surface area contributed by atoms with E-state index in [9.17, 15) is 14.9 Å². The third-order valence-electron chi connectivity index (χ3n) is 3.59. The lowest BCUT2D eigenvalue weighted by atomic mass is 9.85. The molecule has 0 radical (unpaired) electrons. The molecule has 0 aromatic heterocycles. The number of carboxylic acids is 1. The van der Waals surface area contributed by atoms with Crippen LogP contribution in [0.25, 0.3) is 0 Å². The molecule has 0 saturated heterocycles. The summed E-state index contributed by atoms with van der Waals surface area (Å²) in [6.45, 7) is 0.726. The molecule has 0 spiro atoms. The maximum Gasteiger partial charge on any atom is 0.335 e. The molecular formula is C13H16N2O4. The molecule has 0 bridgehead atoms. The van der Waals surface area contributed by atoms with Crippen LogP contribution in [0.5, 0.6) is 0 Å². The smallest absolute Gasteiger partial charge is 0.335 e. The van der Waals surface area contributed by atoms with E-state index in [0.29, 0.717) is 11.6 Å². The number of hydrogen-bond acceptors (Lipinski definition) is 4. The number of nitro benzene ring substituents is 1. The van der Waals surface area contributed by atoms with Crippen molar-refractivity contribution >= 4 is 17.3 Å². The van der Waals surface area contributed by atoms with Crippen LogP contribution in [0.4, 0.5) is 11.4 Å². The van der Waals surface area contributed by atoms with E-state index in [2.05, 4.69) is 0 Å². The highest BCUT2D eigenvalue weighted by molar-refractivity contribution is 5.90. The molecule has 1 aliphatic rings. The molecule has 0 amide bonds. The zero-order valence-corrected chi connectivity index (χ0v) is 10.7. The van der Waals surface area contributed by atoms with Crippen molar-refractivity contribution in [1.29, 1.82) is 0 Å². The summed E-state index contributed by atoms with van der Waals surface area (Å²) in [6, 6.07) is 3.90. The topological polar surface area (TPSA) is 83.7 Å². The largest absolute Gasteiger partial charge is 0.478 e. The first-order chi connectivity index (χ1) is 8.99. The van der Waals surface area contributed by atoms with Crippen molar-refractivity contribution in [2.24, 2.45) is 5.92 Å². The minimum Gasteiger partial charge on any atom is -0.478 e. The van der Waals surface area contributed by atoms with Gasteiger partial charge in [-0.2, -0.15) is 0 Å². The summed E-state index contributed by atoms with van der Waals surface area (Å²) < 4.78 is 0. The molecule has 6 heteroatoms. The van der Waals surface area contributed by atoms with Crippen LogP contribution >= 0.6 is 0 Å². The lowest BCUT2D eigenvalue weighted by Gasteiger charge is -2.31. The maximum atomic E-state index is 11.0. The van der Waals surface area contributed by atoms with E-state index in [1.165, 1.54) is 24.6 Å². The van der Waals surface area contributed by atoms with Crippen molar-refractivity contribution in [3.8, 4) is 0 Å². The van der Waals surface area contributed by atoms with Crippen LogP contribution in [0.1, 0.15) is 29.6 Å². The normalized spacial score (nSPS) is 14.8. The molecule has 2 rings (SSSR count). The first kappa shape index (κ1) is 13.3. The fourth-order valence-corrected chi connectivity index (χ4v) is 2.28. The molecule has 6 nitrogen and oxygen atoms in total. The van der Waals surface area contributed by atoms with Gasteiger partial charge in [0.05, 0.1) is 10.5 Å². The third-order valence-corrected chi connectivity index (χ3v) is 3.59. The Hall–Kier alpha value is -2.11. The second-order valence-electron chi connectivity index (χ2n) is 4.94. The number of rotatable bonds is 5. The number of carbonyl (C=O) groups is 1. The van der Waals surface area contributed by atoms with Gasteiger partial charge in [0, 0.05) is 19.7 Å². The summed E-state index contributed by atoms with van der Waals surface area (Å²) >= 11 is 0. The Kier molecular flexibility index (Phi) is 3.69. The summed E-state index contributed by atoms with van der Waals surface area (Å²) in [5.74, 6) is -0.522. The van der Waals surface area contributed by atoms with Gasteiger partial charge >= 0.3 is 5.97 Å². The van der Waals surface area contributed by atoms with Crippen molar-refractivity contribution in [3.63, 3.8) is 0 Å². The van der Waals surface area contributed by atoms with Crippen molar-refractivity contribution in [1.82, 2.24) is 0 Å². The van der Waals surface area contributed by atoms with Gasteiger partial charge in [0.25, 0.3) is 5.69 Å². The summed E-state index contributed by atoms with van der Waals surface area (Å²) in [4.78, 5) is 23.3. The van der Waals surface area contributed by atoms with Crippen LogP contribution in [-0.4, -0.2) is 29.6 Å². The number of hydrogen-bond donors (Lipinski definition) is 1. The van der Waals surface area contributed by atoms with Crippen LogP contribution in [-0.2, 0) is 0 Å². The summed E-state index contributed by atoms with van der Waals surface area (Å²) in [7, 11) is 1.77. The lowest BCUT2D eigenvalue weighted by molar-refractivity contribution is -0.384. The second-order valence-corrected chi connectivity index (χ2v) is 4.94. The fraction of sp³-hybridized carbons (Fsp3) is 0.462. The summed E-state index contributed by atoms with van der Waals surface area (Å²) in [5, 5.41) is 20.0. The lowest BCUT2D eigenvalue weighted by Crippen LogP contribution is -2.29. The molecule has 0 atom stereocenters. The van der Waals surface area contributed by atoms with Crippen molar-refractivity contribution in [2.45, 2.75) is 19.3 Å². The Morgan fingerprint density at radius 1 is 1.53 bits per heavy atom. The van der Waals surface area contributed by atoms with Gasteiger partial charge in [-0.15, -0.1) is 0 Å². The minimum absolute atomic E-state index is 0.0492. The molecule has 1 aromatic carbocycles. The van der Waals surface area contributed by atoms with Gasteiger partial charge in [0.1, 0.15) is 5.69 Å². The average Bonchev–Trinajstić information content (AvgIpc) is 2.32. The highest BCUT2D eigenvalue weighted by Crippen LogP contribution is 2.32. The predicted molar refractivity (Wildman–Crippen MR) is 70.7 cm³/mol. The molecule has 1 aliphatic carbocycles. The standard InChI is InChI=1S/C13H16N2O4/c1-14(8-9-3-2-4-9)12-7-10(13(16)17)5-6-11(12)15(18)19/h5-7,9H,2-4,8H2,1H3,(H,16,17). The molecule has 19 heavy (non-hydrogen) atoms. The fourth-order valence-electron chi connectivity index (χ4n) is 2.28. The minimum atomic E-state index is -1.08. The van der Waals surface area contributed by atoms with Crippen molar-refractivity contribution < 1.29 is 14.8 Å². The van der Waals surface area contributed by atoms with Gasteiger partial charge in [0.2, 0.25) is 0 Å². The second kappa shape index (κ2) is 5.26. The average molecular weight is 264 g/mol. The van der Waals surface area contributed by atoms with E-state index in [0.717, 1.165) is 19.4 Å². The number of nitro groups is 1. The predicted octanol–water partition coefficient (Wildman–Crippen LogP) is 2.53. The van der Waals surface area contributed by atoms with Crippen molar-refractivity contribution in [2.75, 3.05) is 18.5 Å². The Labute approximate surface area is 110 Å². The molecule has 1 N–H and O–H groups in total. The van der Waals surface area contributed by atoms with E-state index < -0.39 is 10.9 Å². The Balaban J connectivity index is 2.30. The number of anilines is 1. The van der Waals surface area contributed by atoms with E-state index in [1.807, 2.05) is 0 Å². The molecule has 1 aromatic rings. The van der Waals surface area contributed by atoms with Gasteiger partial charge in [-0.3, -0.25) is 10.1 Å². The van der Waals surface area contributed by atoms with Gasteiger partial charge < -0.3 is 10.0 Å². The number of carboxylic acid groups (broad SMARTS) is 1. The van der Waals surface area contributed by atoms with Crippen molar-refractivity contribution in [3.05, 3.63) is 33.9 Å². The van der Waals surface area contributed by atoms with Crippen LogP contribution in [0.3, 0.4) is 0 Å². The van der Waals surface area contributed by atoms with E-state index in [4.69, 9.17) is 5.11 Å². The Morgan fingerprint density at radius 2 is 2.21 bits per heavy atom. The zero-order valence-electron chi connectivity index (χ0n) is 10.7. The maximum absolute atomic E-state index is 11.0. The number of aromatic carboxylic acids is 1. The summed E-state index contributed by atoms with van der Waals surface area (Å²) in [6.07, 6.45) is 3.48. The molecule has 0 aliphatic heterocycles. The van der Waals surface area contributed by atoms with E-state index in [-0.39, 0.29) is 11.3 Å². The zero-order chi connectivity index (χ0) is 14.0. The molecule has 1 saturated carbocycles. The van der Waals surface area contributed by atoms with Crippen LogP contribution in [0.2, 0.25) is 0 Å². The first-order valence-electron chi connectivity index (χ1n) is 6.22. The van der Waals surface area contributed by atoms with Gasteiger partial charge in [0.15, 0.2) is 0 Å².